The molecule has 8 nitrogen and oxygen atoms in total. The van der Waals surface area contributed by atoms with Crippen LogP contribution in [-0.2, 0) is 33.4 Å². The summed E-state index contributed by atoms with van der Waals surface area (Å²) < 4.78 is 18.1. The Kier molecular flexibility index (Phi) is 20.5. The van der Waals surface area contributed by atoms with Gasteiger partial charge in [-0.1, -0.05) is 26.3 Å². The van der Waals surface area contributed by atoms with E-state index >= 15 is 0 Å². The van der Waals surface area contributed by atoms with Gasteiger partial charge < -0.3 is 19.5 Å². The van der Waals surface area contributed by atoms with Crippen molar-refractivity contribution in [1.82, 2.24) is 5.32 Å². The summed E-state index contributed by atoms with van der Waals surface area (Å²) in [4.78, 5) is 47.7. The lowest BCUT2D eigenvalue weighted by Gasteiger charge is -2.33. The van der Waals surface area contributed by atoms with E-state index in [1.54, 1.807) is 27.7 Å². The maximum absolute atomic E-state index is 12.4. The summed E-state index contributed by atoms with van der Waals surface area (Å²) in [5.41, 5.74) is 1.50. The first-order valence-corrected chi connectivity index (χ1v) is 14.5. The molecule has 0 saturated carbocycles. The fourth-order valence-electron chi connectivity index (χ4n) is 3.73. The van der Waals surface area contributed by atoms with E-state index in [9.17, 15) is 19.2 Å². The maximum atomic E-state index is 12.4. The van der Waals surface area contributed by atoms with Crippen molar-refractivity contribution in [3.05, 3.63) is 48.6 Å². The average Bonchev–Trinajstić information content (AvgIpc) is 2.91. The van der Waals surface area contributed by atoms with Crippen LogP contribution in [0.1, 0.15) is 85.5 Å². The lowest BCUT2D eigenvalue weighted by molar-refractivity contribution is -0.118. The van der Waals surface area contributed by atoms with Crippen LogP contribution in [0.5, 0.6) is 0 Å². The molecule has 1 N–H and O–H groups in total. The van der Waals surface area contributed by atoms with E-state index in [4.69, 9.17) is 14.2 Å². The van der Waals surface area contributed by atoms with Crippen molar-refractivity contribution in [3.63, 3.8) is 0 Å². The summed E-state index contributed by atoms with van der Waals surface area (Å²) in [5, 5.41) is 2.79. The van der Waals surface area contributed by atoms with Crippen LogP contribution in [0.4, 0.5) is 0 Å². The quantitative estimate of drug-likeness (QED) is 0.0994. The lowest BCUT2D eigenvalue weighted by atomic mass is 9.84. The summed E-state index contributed by atoms with van der Waals surface area (Å²) in [7, 11) is 0. The largest absolute Gasteiger partial charge is 0.381 e. The predicted molar refractivity (Wildman–Crippen MR) is 164 cm³/mol. The Morgan fingerprint density at radius 2 is 0.951 bits per heavy atom. The van der Waals surface area contributed by atoms with Gasteiger partial charge in [0.25, 0.3) is 0 Å². The number of ether oxygens (including phenoxy) is 3. The van der Waals surface area contributed by atoms with Gasteiger partial charge in [-0.2, -0.15) is 0 Å². The fourth-order valence-corrected chi connectivity index (χ4v) is 3.73. The Labute approximate surface area is 247 Å². The van der Waals surface area contributed by atoms with Crippen molar-refractivity contribution < 1.29 is 33.4 Å². The number of allylic oxidation sites excluding steroid dienone is 3. The van der Waals surface area contributed by atoms with Crippen LogP contribution in [0.3, 0.4) is 0 Å². The second kappa shape index (κ2) is 22.0. The molecule has 0 aliphatic rings. The molecule has 0 bridgehead atoms. The molecule has 0 aromatic heterocycles. The number of hydrogen-bond donors (Lipinski definition) is 1. The molecule has 0 aliphatic heterocycles. The molecule has 0 aromatic carbocycles. The normalized spacial score (nSPS) is 11.1. The maximum Gasteiger partial charge on any atom is 0.246 e. The summed E-state index contributed by atoms with van der Waals surface area (Å²) in [6.07, 6.45) is 5.15. The molecular formula is C33H53NO7. The summed E-state index contributed by atoms with van der Waals surface area (Å²) >= 11 is 0. The van der Waals surface area contributed by atoms with E-state index in [1.165, 1.54) is 0 Å². The number of amides is 1. The summed E-state index contributed by atoms with van der Waals surface area (Å²) in [6, 6.07) is 0. The van der Waals surface area contributed by atoms with E-state index < -0.39 is 5.41 Å². The number of rotatable bonds is 27. The summed E-state index contributed by atoms with van der Waals surface area (Å²) in [5.74, 6) is -0.0875. The smallest absolute Gasteiger partial charge is 0.246 e. The standard InChI is InChI=1S/C33H53NO7/c1-25(2)29(35)14-9-11-19-39-22-33(17-16-31(37)27(5)6,23-40-20-12-10-15-30(36)26(3)4)24-41-21-13-18-34-32(38)28(7)8/h1,3,5,7,9-24H2,2,4,6,8H3,(H,34,38). The van der Waals surface area contributed by atoms with Gasteiger partial charge in [0.15, 0.2) is 17.3 Å². The van der Waals surface area contributed by atoms with Gasteiger partial charge in [-0.15, -0.1) is 0 Å². The van der Waals surface area contributed by atoms with Gasteiger partial charge in [-0.25, -0.2) is 0 Å². The van der Waals surface area contributed by atoms with Crippen LogP contribution in [0.2, 0.25) is 0 Å². The number of hydrogen-bond acceptors (Lipinski definition) is 7. The third-order valence-corrected chi connectivity index (χ3v) is 6.56. The molecular weight excluding hydrogens is 522 g/mol. The Morgan fingerprint density at radius 1 is 0.561 bits per heavy atom. The SMILES string of the molecule is C=C(C)C(=O)CCCCOCC(CCC(=O)C(=C)C)(COCCCCC(=O)C(=C)C)COCCCNC(=O)C(=C)C. The van der Waals surface area contributed by atoms with Crippen molar-refractivity contribution >= 4 is 23.3 Å². The molecule has 0 atom stereocenters. The number of carbonyl (C=O) groups excluding carboxylic acids is 4. The molecule has 0 aromatic rings. The molecule has 8 heteroatoms. The fraction of sp³-hybridized carbons (Fsp3) is 0.636. The molecule has 232 valence electrons. The Balaban J connectivity index is 5.19. The van der Waals surface area contributed by atoms with Crippen molar-refractivity contribution in [2.24, 2.45) is 5.41 Å². The van der Waals surface area contributed by atoms with Crippen molar-refractivity contribution in [2.75, 3.05) is 46.2 Å². The number of nitrogens with one attached hydrogen (secondary N) is 1. The first kappa shape index (κ1) is 38.3. The van der Waals surface area contributed by atoms with Gasteiger partial charge in [0, 0.05) is 56.6 Å². The third-order valence-electron chi connectivity index (χ3n) is 6.56. The van der Waals surface area contributed by atoms with Crippen LogP contribution in [-0.4, -0.2) is 69.4 Å². The molecule has 41 heavy (non-hydrogen) atoms. The zero-order chi connectivity index (χ0) is 31.3. The average molecular weight is 576 g/mol. The van der Waals surface area contributed by atoms with E-state index in [2.05, 4.69) is 31.6 Å². The molecule has 0 heterocycles. The lowest BCUT2D eigenvalue weighted by Crippen LogP contribution is -2.38. The highest BCUT2D eigenvalue weighted by Crippen LogP contribution is 2.28. The molecule has 0 aliphatic carbocycles. The molecule has 0 spiro atoms. The van der Waals surface area contributed by atoms with Gasteiger partial charge in [0.2, 0.25) is 5.91 Å². The minimum Gasteiger partial charge on any atom is -0.381 e. The first-order valence-electron chi connectivity index (χ1n) is 14.5. The van der Waals surface area contributed by atoms with Crippen molar-refractivity contribution in [3.8, 4) is 0 Å². The Hall–Kier alpha value is -2.68. The van der Waals surface area contributed by atoms with Crippen molar-refractivity contribution in [1.29, 1.82) is 0 Å². The second-order valence-electron chi connectivity index (χ2n) is 11.1. The zero-order valence-corrected chi connectivity index (χ0v) is 26.0. The zero-order valence-electron chi connectivity index (χ0n) is 26.0. The van der Waals surface area contributed by atoms with E-state index in [0.29, 0.717) is 113 Å². The van der Waals surface area contributed by atoms with E-state index in [1.807, 2.05) is 0 Å². The molecule has 1 amide bonds. The topological polar surface area (TPSA) is 108 Å². The monoisotopic (exact) mass is 575 g/mol. The van der Waals surface area contributed by atoms with Crippen molar-refractivity contribution in [2.45, 2.75) is 85.5 Å². The number of ketones is 3. The van der Waals surface area contributed by atoms with Gasteiger partial charge in [0.1, 0.15) is 0 Å². The predicted octanol–water partition coefficient (Wildman–Crippen LogP) is 5.66. The summed E-state index contributed by atoms with van der Waals surface area (Å²) in [6.45, 7) is 24.3. The molecule has 0 unspecified atom stereocenters. The Bertz CT molecular complexity index is 825. The van der Waals surface area contributed by atoms with Crippen LogP contribution >= 0.6 is 0 Å². The molecule has 0 saturated heterocycles. The van der Waals surface area contributed by atoms with Gasteiger partial charge >= 0.3 is 0 Å². The highest BCUT2D eigenvalue weighted by molar-refractivity contribution is 5.95. The molecule has 0 radical (unpaired) electrons. The highest BCUT2D eigenvalue weighted by atomic mass is 16.5. The van der Waals surface area contributed by atoms with Gasteiger partial charge in [-0.3, -0.25) is 19.2 Å². The van der Waals surface area contributed by atoms with E-state index in [-0.39, 0.29) is 23.3 Å². The van der Waals surface area contributed by atoms with Crippen LogP contribution in [0, 0.1) is 5.41 Å². The minimum atomic E-state index is -0.576. The minimum absolute atomic E-state index is 0.0199. The van der Waals surface area contributed by atoms with E-state index in [0.717, 1.165) is 12.8 Å². The molecule has 0 fully saturated rings. The Morgan fingerprint density at radius 3 is 1.34 bits per heavy atom. The second-order valence-corrected chi connectivity index (χ2v) is 11.1. The molecule has 0 rings (SSSR count). The first-order chi connectivity index (χ1) is 19.3. The van der Waals surface area contributed by atoms with Crippen LogP contribution in [0.25, 0.3) is 0 Å². The number of carbonyl (C=O) groups is 4. The van der Waals surface area contributed by atoms with Gasteiger partial charge in [-0.05, 0) is 82.9 Å². The van der Waals surface area contributed by atoms with Crippen LogP contribution in [0.15, 0.2) is 48.6 Å². The van der Waals surface area contributed by atoms with Crippen LogP contribution < -0.4 is 5.32 Å². The third kappa shape index (κ3) is 19.1. The van der Waals surface area contributed by atoms with Gasteiger partial charge in [0.05, 0.1) is 19.8 Å². The number of unbranched alkanes of at least 4 members (excludes halogenated alkanes) is 2. The number of Topliss-reactive ketones (excluding diaryl/α,β-unsaturated/α-hetero) is 3. The highest BCUT2D eigenvalue weighted by Gasteiger charge is 2.32.